The number of anilines is 2. The van der Waals surface area contributed by atoms with Gasteiger partial charge in [0.05, 0.1) is 33.8 Å². The van der Waals surface area contributed by atoms with E-state index in [0.29, 0.717) is 10.7 Å². The maximum absolute atomic E-state index is 12.1. The molecule has 8 heteroatoms. The quantitative estimate of drug-likeness (QED) is 0.663. The second-order valence-corrected chi connectivity index (χ2v) is 5.36. The third kappa shape index (κ3) is 4.00. The number of likely N-dealkylation sites (N-methyl/N-ethyl adjacent to an activating group) is 1. The summed E-state index contributed by atoms with van der Waals surface area (Å²) in [5.74, 6) is -0.371. The number of para-hydroxylation sites is 1. The molecule has 0 saturated heterocycles. The first kappa shape index (κ1) is 17.2. The molecule has 24 heavy (non-hydrogen) atoms. The van der Waals surface area contributed by atoms with Gasteiger partial charge in [0.25, 0.3) is 5.69 Å². The van der Waals surface area contributed by atoms with Crippen molar-refractivity contribution in [2.75, 3.05) is 23.8 Å². The Hall–Kier alpha value is -3.11. The molecule has 0 aliphatic rings. The molecular weight excluding hydrogens is 332 g/mol. The van der Waals surface area contributed by atoms with Crippen molar-refractivity contribution < 1.29 is 9.72 Å². The summed E-state index contributed by atoms with van der Waals surface area (Å²) in [5.41, 5.74) is 0.654. The third-order valence-electron chi connectivity index (χ3n) is 3.24. The van der Waals surface area contributed by atoms with E-state index in [1.54, 1.807) is 31.3 Å². The highest BCUT2D eigenvalue weighted by atomic mass is 35.5. The van der Waals surface area contributed by atoms with Gasteiger partial charge < -0.3 is 10.2 Å². The first-order valence-corrected chi connectivity index (χ1v) is 7.24. The molecule has 1 N–H and O–H groups in total. The van der Waals surface area contributed by atoms with Crippen molar-refractivity contribution in [2.24, 2.45) is 0 Å². The monoisotopic (exact) mass is 344 g/mol. The lowest BCUT2D eigenvalue weighted by Gasteiger charge is -2.19. The average molecular weight is 345 g/mol. The van der Waals surface area contributed by atoms with Gasteiger partial charge in [0.15, 0.2) is 0 Å². The number of carbonyl (C=O) groups excluding carboxylic acids is 1. The van der Waals surface area contributed by atoms with Gasteiger partial charge in [0.1, 0.15) is 5.69 Å². The molecule has 122 valence electrons. The number of nitriles is 1. The van der Waals surface area contributed by atoms with E-state index in [0.717, 1.165) is 0 Å². The Morgan fingerprint density at radius 1 is 1.38 bits per heavy atom. The highest BCUT2D eigenvalue weighted by Gasteiger charge is 2.20. The summed E-state index contributed by atoms with van der Waals surface area (Å²) in [4.78, 5) is 24.1. The minimum atomic E-state index is -0.585. The topological polar surface area (TPSA) is 99.3 Å². The second-order valence-electron chi connectivity index (χ2n) is 4.96. The van der Waals surface area contributed by atoms with Crippen LogP contribution in [0.25, 0.3) is 0 Å². The van der Waals surface area contributed by atoms with Gasteiger partial charge in [-0.25, -0.2) is 0 Å². The molecule has 1 amide bonds. The summed E-state index contributed by atoms with van der Waals surface area (Å²) in [6.07, 6.45) is 0. The number of nitrogens with zero attached hydrogens (tertiary/aromatic N) is 3. The van der Waals surface area contributed by atoms with E-state index in [-0.39, 0.29) is 29.4 Å². The van der Waals surface area contributed by atoms with E-state index in [4.69, 9.17) is 16.9 Å². The zero-order valence-electron chi connectivity index (χ0n) is 12.7. The molecule has 0 aliphatic carbocycles. The first-order valence-electron chi connectivity index (χ1n) is 6.86. The van der Waals surface area contributed by atoms with Crippen LogP contribution in [0, 0.1) is 21.4 Å². The van der Waals surface area contributed by atoms with Crippen LogP contribution in [-0.2, 0) is 4.79 Å². The second kappa shape index (κ2) is 7.44. The molecular formula is C16H13ClN4O3. The average Bonchev–Trinajstić information content (AvgIpc) is 2.56. The predicted octanol–water partition coefficient (Wildman–Crippen LogP) is 3.19. The molecule has 7 nitrogen and oxygen atoms in total. The number of hydrogen-bond donors (Lipinski definition) is 1. The summed E-state index contributed by atoms with van der Waals surface area (Å²) in [6, 6.07) is 12.7. The molecule has 0 saturated carbocycles. The highest BCUT2D eigenvalue weighted by molar-refractivity contribution is 6.33. The maximum Gasteiger partial charge on any atom is 0.293 e. The Morgan fingerprint density at radius 3 is 2.71 bits per heavy atom. The van der Waals surface area contributed by atoms with Gasteiger partial charge in [-0.15, -0.1) is 0 Å². The molecule has 0 aromatic heterocycles. The summed E-state index contributed by atoms with van der Waals surface area (Å²) >= 11 is 5.97. The Balaban J connectivity index is 2.16. The van der Waals surface area contributed by atoms with Crippen LogP contribution in [0.4, 0.5) is 17.1 Å². The zero-order valence-corrected chi connectivity index (χ0v) is 13.4. The number of carbonyl (C=O) groups is 1. The summed E-state index contributed by atoms with van der Waals surface area (Å²) in [6.45, 7) is -0.113. The van der Waals surface area contributed by atoms with Crippen LogP contribution >= 0.6 is 11.6 Å². The van der Waals surface area contributed by atoms with Crippen LogP contribution in [0.1, 0.15) is 5.56 Å². The van der Waals surface area contributed by atoms with Crippen LogP contribution < -0.4 is 10.2 Å². The fraction of sp³-hybridized carbons (Fsp3) is 0.125. The summed E-state index contributed by atoms with van der Waals surface area (Å²) in [7, 11) is 1.56. The molecule has 2 aromatic carbocycles. The van der Waals surface area contributed by atoms with Crippen molar-refractivity contribution in [1.29, 1.82) is 5.26 Å². The van der Waals surface area contributed by atoms with Crippen molar-refractivity contribution in [2.45, 2.75) is 0 Å². The number of amides is 1. The molecule has 0 bridgehead atoms. The maximum atomic E-state index is 12.1. The van der Waals surface area contributed by atoms with Gasteiger partial charge in [-0.3, -0.25) is 14.9 Å². The van der Waals surface area contributed by atoms with E-state index in [1.807, 2.05) is 6.07 Å². The van der Waals surface area contributed by atoms with Gasteiger partial charge in [-0.1, -0.05) is 23.7 Å². The lowest BCUT2D eigenvalue weighted by Crippen LogP contribution is -2.30. The first-order chi connectivity index (χ1) is 11.4. The van der Waals surface area contributed by atoms with Gasteiger partial charge in [-0.2, -0.15) is 5.26 Å². The molecule has 0 atom stereocenters. The number of halogens is 1. The van der Waals surface area contributed by atoms with Crippen LogP contribution in [0.3, 0.4) is 0 Å². The van der Waals surface area contributed by atoms with E-state index in [9.17, 15) is 14.9 Å². The number of rotatable bonds is 5. The van der Waals surface area contributed by atoms with Crippen LogP contribution in [0.15, 0.2) is 42.5 Å². The Morgan fingerprint density at radius 2 is 2.08 bits per heavy atom. The van der Waals surface area contributed by atoms with Gasteiger partial charge in [-0.05, 0) is 24.3 Å². The van der Waals surface area contributed by atoms with E-state index < -0.39 is 4.92 Å². The Kier molecular flexibility index (Phi) is 5.35. The van der Waals surface area contributed by atoms with Crippen LogP contribution in [0.5, 0.6) is 0 Å². The summed E-state index contributed by atoms with van der Waals surface area (Å²) in [5, 5.41) is 23.1. The van der Waals surface area contributed by atoms with Crippen molar-refractivity contribution in [3.05, 3.63) is 63.2 Å². The smallest absolute Gasteiger partial charge is 0.293 e. The Labute approximate surface area is 143 Å². The van der Waals surface area contributed by atoms with Crippen molar-refractivity contribution >= 4 is 34.6 Å². The third-order valence-corrected chi connectivity index (χ3v) is 3.57. The minimum Gasteiger partial charge on any atom is -0.360 e. The lowest BCUT2D eigenvalue weighted by molar-refractivity contribution is -0.384. The van der Waals surface area contributed by atoms with E-state index in [2.05, 4.69) is 5.32 Å². The standard InChI is InChI=1S/C16H13ClN4O3/c1-20(10-16(22)19-13-5-3-2-4-12(13)17)14-7-6-11(9-18)8-15(14)21(23)24/h2-8H,10H2,1H3,(H,19,22). The number of benzene rings is 2. The SMILES string of the molecule is CN(CC(=O)Nc1ccccc1Cl)c1ccc(C#N)cc1[N+](=O)[O-]. The minimum absolute atomic E-state index is 0.113. The highest BCUT2D eigenvalue weighted by Crippen LogP contribution is 2.28. The van der Waals surface area contributed by atoms with Crippen molar-refractivity contribution in [3.8, 4) is 6.07 Å². The molecule has 0 fully saturated rings. The largest absolute Gasteiger partial charge is 0.360 e. The van der Waals surface area contributed by atoms with Gasteiger partial charge >= 0.3 is 0 Å². The molecule has 0 radical (unpaired) electrons. The number of hydrogen-bond acceptors (Lipinski definition) is 5. The molecule has 2 rings (SSSR count). The zero-order chi connectivity index (χ0) is 17.7. The normalized spacial score (nSPS) is 9.88. The van der Waals surface area contributed by atoms with E-state index in [1.165, 1.54) is 23.1 Å². The van der Waals surface area contributed by atoms with Crippen LogP contribution in [0.2, 0.25) is 5.02 Å². The molecule has 0 heterocycles. The van der Waals surface area contributed by atoms with Crippen molar-refractivity contribution in [1.82, 2.24) is 0 Å². The van der Waals surface area contributed by atoms with E-state index >= 15 is 0 Å². The molecule has 2 aromatic rings. The predicted molar refractivity (Wildman–Crippen MR) is 91.2 cm³/mol. The number of nitrogens with one attached hydrogen (secondary N) is 1. The fourth-order valence-electron chi connectivity index (χ4n) is 2.11. The van der Waals surface area contributed by atoms with Gasteiger partial charge in [0.2, 0.25) is 5.91 Å². The van der Waals surface area contributed by atoms with Crippen LogP contribution in [-0.4, -0.2) is 24.4 Å². The summed E-state index contributed by atoms with van der Waals surface area (Å²) < 4.78 is 0. The number of nitro groups is 1. The molecule has 0 spiro atoms. The fourth-order valence-corrected chi connectivity index (χ4v) is 2.30. The number of nitro benzene ring substituents is 1. The molecule has 0 aliphatic heterocycles. The molecule has 0 unspecified atom stereocenters. The Bertz CT molecular complexity index is 832. The van der Waals surface area contributed by atoms with Crippen molar-refractivity contribution in [3.63, 3.8) is 0 Å². The lowest BCUT2D eigenvalue weighted by atomic mass is 10.1. The van der Waals surface area contributed by atoms with Gasteiger partial charge in [0, 0.05) is 13.1 Å².